The minimum Gasteiger partial charge on any atom is -0.354 e. The van der Waals surface area contributed by atoms with Gasteiger partial charge in [-0.05, 0) is 35.7 Å². The van der Waals surface area contributed by atoms with Crippen molar-refractivity contribution in [3.05, 3.63) is 104 Å². The molecule has 0 radical (unpaired) electrons. The van der Waals surface area contributed by atoms with Crippen LogP contribution < -0.4 is 9.62 Å². The number of nitro groups is 1. The Morgan fingerprint density at radius 2 is 1.68 bits per heavy atom. The van der Waals surface area contributed by atoms with Crippen molar-refractivity contribution in [2.75, 3.05) is 23.7 Å². The van der Waals surface area contributed by atoms with Crippen molar-refractivity contribution in [2.24, 2.45) is 0 Å². The molecular formula is C28H30Cl2N4O6S. The first-order valence-electron chi connectivity index (χ1n) is 12.7. The number of nitro benzene ring substituents is 1. The molecule has 0 fully saturated rings. The number of nitrogens with zero attached hydrogens (tertiary/aromatic N) is 3. The number of halogens is 2. The van der Waals surface area contributed by atoms with Crippen LogP contribution in [-0.4, -0.2) is 55.4 Å². The lowest BCUT2D eigenvalue weighted by Crippen LogP contribution is -2.53. The van der Waals surface area contributed by atoms with Crippen molar-refractivity contribution in [3.63, 3.8) is 0 Å². The minimum atomic E-state index is -4.07. The summed E-state index contributed by atoms with van der Waals surface area (Å²) < 4.78 is 26.4. The predicted octanol–water partition coefficient (Wildman–Crippen LogP) is 4.83. The molecule has 3 aromatic carbocycles. The van der Waals surface area contributed by atoms with Crippen molar-refractivity contribution < 1.29 is 22.9 Å². The van der Waals surface area contributed by atoms with Crippen LogP contribution >= 0.6 is 23.2 Å². The van der Waals surface area contributed by atoms with E-state index in [2.05, 4.69) is 5.32 Å². The van der Waals surface area contributed by atoms with Gasteiger partial charge in [0, 0.05) is 31.6 Å². The van der Waals surface area contributed by atoms with E-state index in [1.807, 2.05) is 37.3 Å². The van der Waals surface area contributed by atoms with Crippen LogP contribution in [0.15, 0.2) is 72.8 Å². The van der Waals surface area contributed by atoms with E-state index in [-0.39, 0.29) is 29.4 Å². The van der Waals surface area contributed by atoms with Gasteiger partial charge < -0.3 is 10.2 Å². The van der Waals surface area contributed by atoms with Crippen molar-refractivity contribution in [2.45, 2.75) is 32.4 Å². The van der Waals surface area contributed by atoms with Crippen LogP contribution in [0.3, 0.4) is 0 Å². The van der Waals surface area contributed by atoms with E-state index in [0.29, 0.717) is 23.6 Å². The Bertz CT molecular complexity index is 1500. The zero-order valence-electron chi connectivity index (χ0n) is 22.5. The summed E-state index contributed by atoms with van der Waals surface area (Å²) in [5, 5.41) is 14.7. The van der Waals surface area contributed by atoms with Crippen LogP contribution in [0, 0.1) is 10.1 Å². The molecule has 0 bridgehead atoms. The molecule has 0 saturated heterocycles. The maximum Gasteiger partial charge on any atom is 0.271 e. The number of nitrogens with one attached hydrogen (secondary N) is 1. The lowest BCUT2D eigenvalue weighted by atomic mass is 10.0. The van der Waals surface area contributed by atoms with Gasteiger partial charge in [-0.2, -0.15) is 0 Å². The summed E-state index contributed by atoms with van der Waals surface area (Å²) in [4.78, 5) is 39.5. The fourth-order valence-electron chi connectivity index (χ4n) is 4.13. The normalized spacial score (nSPS) is 11.9. The highest BCUT2D eigenvalue weighted by Crippen LogP contribution is 2.26. The van der Waals surface area contributed by atoms with Crippen LogP contribution in [0.1, 0.15) is 24.5 Å². The molecule has 0 spiro atoms. The highest BCUT2D eigenvalue weighted by molar-refractivity contribution is 7.92. The number of rotatable bonds is 13. The van der Waals surface area contributed by atoms with Crippen LogP contribution in [0.5, 0.6) is 0 Å². The van der Waals surface area contributed by atoms with E-state index >= 15 is 0 Å². The van der Waals surface area contributed by atoms with Gasteiger partial charge >= 0.3 is 0 Å². The van der Waals surface area contributed by atoms with Gasteiger partial charge in [-0.15, -0.1) is 0 Å². The fraction of sp³-hybridized carbons (Fsp3) is 0.286. The second-order valence-corrected chi connectivity index (χ2v) is 12.0. The third-order valence-electron chi connectivity index (χ3n) is 6.16. The van der Waals surface area contributed by atoms with Crippen LogP contribution in [0.2, 0.25) is 10.0 Å². The molecule has 0 heterocycles. The Labute approximate surface area is 249 Å². The Kier molecular flexibility index (Phi) is 11.1. The average molecular weight is 622 g/mol. The first-order chi connectivity index (χ1) is 19.4. The topological polar surface area (TPSA) is 130 Å². The summed E-state index contributed by atoms with van der Waals surface area (Å²) in [6.45, 7) is 1.49. The highest BCUT2D eigenvalue weighted by Gasteiger charge is 2.33. The number of carbonyl (C=O) groups excluding carboxylic acids is 2. The number of sulfonamides is 1. The van der Waals surface area contributed by atoms with E-state index in [0.717, 1.165) is 22.2 Å². The molecular weight excluding hydrogens is 591 g/mol. The number of benzene rings is 3. The molecule has 1 unspecified atom stereocenters. The minimum absolute atomic E-state index is 0.0559. The van der Waals surface area contributed by atoms with Crippen molar-refractivity contribution >= 4 is 56.4 Å². The molecule has 3 aromatic rings. The van der Waals surface area contributed by atoms with Crippen molar-refractivity contribution in [1.29, 1.82) is 0 Å². The Hall–Kier alpha value is -3.67. The first-order valence-corrected chi connectivity index (χ1v) is 15.3. The summed E-state index contributed by atoms with van der Waals surface area (Å²) in [7, 11) is -4.07. The van der Waals surface area contributed by atoms with Gasteiger partial charge in [-0.25, -0.2) is 8.42 Å². The fourth-order valence-corrected chi connectivity index (χ4v) is 5.29. The Balaban J connectivity index is 2.08. The molecule has 13 heteroatoms. The number of hydrogen-bond acceptors (Lipinski definition) is 6. The number of hydrogen-bond donors (Lipinski definition) is 1. The van der Waals surface area contributed by atoms with E-state index in [1.54, 1.807) is 18.2 Å². The summed E-state index contributed by atoms with van der Waals surface area (Å²) in [5.41, 5.74) is 0.960. The number of amides is 2. The van der Waals surface area contributed by atoms with Crippen molar-refractivity contribution in [3.8, 4) is 0 Å². The lowest BCUT2D eigenvalue weighted by molar-refractivity contribution is -0.384. The Morgan fingerprint density at radius 1 is 0.976 bits per heavy atom. The van der Waals surface area contributed by atoms with E-state index in [1.165, 1.54) is 23.1 Å². The van der Waals surface area contributed by atoms with Crippen LogP contribution in [-0.2, 0) is 32.6 Å². The van der Waals surface area contributed by atoms with Gasteiger partial charge in [0.2, 0.25) is 21.8 Å². The van der Waals surface area contributed by atoms with Gasteiger partial charge in [-0.1, -0.05) is 72.6 Å². The molecule has 0 aliphatic carbocycles. The second-order valence-electron chi connectivity index (χ2n) is 9.31. The summed E-state index contributed by atoms with van der Waals surface area (Å²) in [6, 6.07) is 17.9. The number of anilines is 1. The SMILES string of the molecule is CCCNC(=O)C(Cc1ccccc1)N(Cc1ccc(Cl)c(Cl)c1)C(=O)CN(c1cccc([N+](=O)[O-])c1)S(C)(=O)=O. The molecule has 218 valence electrons. The molecule has 1 atom stereocenters. The highest BCUT2D eigenvalue weighted by atomic mass is 35.5. The van der Waals surface area contributed by atoms with Gasteiger partial charge in [0.05, 0.1) is 26.9 Å². The number of non-ortho nitro benzene ring substituents is 1. The third kappa shape index (κ3) is 8.91. The molecule has 0 aliphatic heterocycles. The standard InChI is InChI=1S/C28H30Cl2N4O6S/c1-3-14-31-28(36)26(16-20-8-5-4-6-9-20)32(18-21-12-13-24(29)25(30)15-21)27(35)19-33(41(2,39)40)22-10-7-11-23(17-22)34(37)38/h4-13,15,17,26H,3,14,16,18-19H2,1-2H3,(H,31,36). The molecule has 2 amide bonds. The summed E-state index contributed by atoms with van der Waals surface area (Å²) in [6.07, 6.45) is 1.72. The molecule has 3 rings (SSSR count). The molecule has 41 heavy (non-hydrogen) atoms. The third-order valence-corrected chi connectivity index (χ3v) is 8.04. The molecule has 10 nitrogen and oxygen atoms in total. The predicted molar refractivity (Wildman–Crippen MR) is 160 cm³/mol. The second kappa shape index (κ2) is 14.3. The zero-order valence-corrected chi connectivity index (χ0v) is 24.8. The molecule has 0 aliphatic rings. The van der Waals surface area contributed by atoms with Gasteiger partial charge in [-0.3, -0.25) is 24.0 Å². The Morgan fingerprint density at radius 3 is 2.29 bits per heavy atom. The summed E-state index contributed by atoms with van der Waals surface area (Å²) >= 11 is 12.3. The lowest BCUT2D eigenvalue weighted by Gasteiger charge is -2.33. The first kappa shape index (κ1) is 31.9. The quantitative estimate of drug-likeness (QED) is 0.215. The molecule has 0 saturated carbocycles. The van der Waals surface area contributed by atoms with Gasteiger partial charge in [0.1, 0.15) is 12.6 Å². The van der Waals surface area contributed by atoms with Crippen molar-refractivity contribution in [1.82, 2.24) is 10.2 Å². The van der Waals surface area contributed by atoms with Crippen LogP contribution in [0.25, 0.3) is 0 Å². The van der Waals surface area contributed by atoms with E-state index in [9.17, 15) is 28.1 Å². The molecule has 0 aromatic heterocycles. The van der Waals surface area contributed by atoms with E-state index in [4.69, 9.17) is 23.2 Å². The summed E-state index contributed by atoms with van der Waals surface area (Å²) in [5.74, 6) is -1.11. The van der Waals surface area contributed by atoms with Crippen LogP contribution in [0.4, 0.5) is 11.4 Å². The van der Waals surface area contributed by atoms with Gasteiger partial charge in [0.25, 0.3) is 5.69 Å². The largest absolute Gasteiger partial charge is 0.354 e. The maximum absolute atomic E-state index is 14.0. The zero-order chi connectivity index (χ0) is 30.2. The van der Waals surface area contributed by atoms with E-state index < -0.39 is 39.3 Å². The number of carbonyl (C=O) groups is 2. The molecule has 1 N–H and O–H groups in total. The van der Waals surface area contributed by atoms with Gasteiger partial charge in [0.15, 0.2) is 0 Å². The maximum atomic E-state index is 14.0. The smallest absolute Gasteiger partial charge is 0.271 e. The average Bonchev–Trinajstić information content (AvgIpc) is 2.94. The monoisotopic (exact) mass is 620 g/mol.